The number of hydrogen-bond donors (Lipinski definition) is 2. The van der Waals surface area contributed by atoms with Gasteiger partial charge in [-0.3, -0.25) is 4.99 Å². The summed E-state index contributed by atoms with van der Waals surface area (Å²) < 4.78 is 35.8. The summed E-state index contributed by atoms with van der Waals surface area (Å²) in [4.78, 5) is 4.24. The Kier molecular flexibility index (Phi) is 8.03. The molecule has 0 bridgehead atoms. The predicted molar refractivity (Wildman–Crippen MR) is 117 cm³/mol. The number of fused-ring (bicyclic) bond motifs is 1. The van der Waals surface area contributed by atoms with Crippen LogP contribution in [-0.2, 0) is 11.3 Å². The monoisotopic (exact) mass is 549 g/mol. The van der Waals surface area contributed by atoms with Crippen molar-refractivity contribution in [3.8, 4) is 5.75 Å². The van der Waals surface area contributed by atoms with Crippen LogP contribution in [0.5, 0.6) is 5.75 Å². The molecule has 1 heterocycles. The smallest absolute Gasteiger partial charge is 0.387 e. The molecule has 3 atom stereocenters. The molecule has 5 nitrogen and oxygen atoms in total. The first-order chi connectivity index (χ1) is 12.7. The molecular weight excluding hydrogens is 526 g/mol. The van der Waals surface area contributed by atoms with Crippen LogP contribution in [0.1, 0.15) is 25.8 Å². The number of halogens is 5. The second-order valence-electron chi connectivity index (χ2n) is 7.37. The number of alkyl halides is 2. The van der Waals surface area contributed by atoms with Gasteiger partial charge in [0.2, 0.25) is 0 Å². The summed E-state index contributed by atoms with van der Waals surface area (Å²) in [6, 6.07) is 3.13. The number of rotatable bonds is 5. The van der Waals surface area contributed by atoms with Crippen LogP contribution in [0.15, 0.2) is 17.1 Å². The van der Waals surface area contributed by atoms with Crippen molar-refractivity contribution in [2.24, 2.45) is 16.3 Å². The Balaban J connectivity index is 0.00000280. The number of hydrogen-bond acceptors (Lipinski definition) is 3. The summed E-state index contributed by atoms with van der Waals surface area (Å²) in [7, 11) is 1.66. The Labute approximate surface area is 190 Å². The van der Waals surface area contributed by atoms with Crippen molar-refractivity contribution in [3.05, 3.63) is 27.7 Å². The Morgan fingerprint density at radius 2 is 2.11 bits per heavy atom. The molecule has 2 aliphatic rings. The summed E-state index contributed by atoms with van der Waals surface area (Å²) >= 11 is 12.0. The summed E-state index contributed by atoms with van der Waals surface area (Å²) in [5.74, 6) is 0.918. The predicted octanol–water partition coefficient (Wildman–Crippen LogP) is 4.69. The maximum atomic E-state index is 12.7. The minimum atomic E-state index is -2.98. The molecule has 2 N–H and O–H groups in total. The van der Waals surface area contributed by atoms with Crippen LogP contribution in [0.4, 0.5) is 8.78 Å². The van der Waals surface area contributed by atoms with Crippen molar-refractivity contribution < 1.29 is 18.3 Å². The SMILES string of the molecule is CN=C(NCc1cc(Cl)cc(Cl)c1OC(F)F)NC1C2CCOC2C1(C)C.I. The third-order valence-corrected chi connectivity index (χ3v) is 5.85. The molecule has 158 valence electrons. The van der Waals surface area contributed by atoms with Gasteiger partial charge in [-0.25, -0.2) is 0 Å². The molecule has 1 aliphatic heterocycles. The molecule has 3 rings (SSSR count). The van der Waals surface area contributed by atoms with Gasteiger partial charge in [-0.2, -0.15) is 8.78 Å². The Morgan fingerprint density at radius 3 is 2.75 bits per heavy atom. The van der Waals surface area contributed by atoms with Crippen LogP contribution in [0.3, 0.4) is 0 Å². The third kappa shape index (κ3) is 4.76. The van der Waals surface area contributed by atoms with Crippen molar-refractivity contribution >= 4 is 53.1 Å². The van der Waals surface area contributed by atoms with Gasteiger partial charge in [-0.1, -0.05) is 37.0 Å². The highest BCUT2D eigenvalue weighted by Crippen LogP contribution is 2.52. The van der Waals surface area contributed by atoms with Crippen LogP contribution < -0.4 is 15.4 Å². The van der Waals surface area contributed by atoms with Gasteiger partial charge in [-0.05, 0) is 18.6 Å². The number of nitrogens with one attached hydrogen (secondary N) is 2. The van der Waals surface area contributed by atoms with Crippen LogP contribution in [0, 0.1) is 11.3 Å². The van der Waals surface area contributed by atoms with Gasteiger partial charge in [0.15, 0.2) is 5.96 Å². The highest BCUT2D eigenvalue weighted by Gasteiger charge is 2.59. The minimum Gasteiger partial charge on any atom is -0.433 e. The molecular formula is C18H24Cl2F2IN3O2. The fraction of sp³-hybridized carbons (Fsp3) is 0.611. The standard InChI is InChI=1S/C18H23Cl2F2N3O2.HI/c1-18(2)14(11-4-5-26-15(11)18)25-17(23-3)24-8-9-6-10(19)7-12(20)13(9)27-16(21)22;/h6-7,11,14-16H,4-5,8H2,1-3H3,(H2,23,24,25);1H. The molecule has 1 aliphatic carbocycles. The molecule has 10 heteroatoms. The fourth-order valence-electron chi connectivity index (χ4n) is 4.10. The number of benzene rings is 1. The second kappa shape index (κ2) is 9.49. The maximum absolute atomic E-state index is 12.7. The zero-order chi connectivity index (χ0) is 19.8. The maximum Gasteiger partial charge on any atom is 0.387 e. The number of guanidine groups is 1. The summed E-state index contributed by atoms with van der Waals surface area (Å²) in [5, 5.41) is 6.93. The van der Waals surface area contributed by atoms with E-state index in [0.29, 0.717) is 22.5 Å². The Morgan fingerprint density at radius 1 is 1.39 bits per heavy atom. The molecule has 28 heavy (non-hydrogen) atoms. The first-order valence-electron chi connectivity index (χ1n) is 8.75. The largest absolute Gasteiger partial charge is 0.433 e. The fourth-order valence-corrected chi connectivity index (χ4v) is 4.68. The highest BCUT2D eigenvalue weighted by molar-refractivity contribution is 14.0. The van der Waals surface area contributed by atoms with E-state index in [1.807, 2.05) is 0 Å². The van der Waals surface area contributed by atoms with E-state index in [2.05, 4.69) is 34.2 Å². The van der Waals surface area contributed by atoms with Crippen molar-refractivity contribution in [1.82, 2.24) is 10.6 Å². The van der Waals surface area contributed by atoms with Crippen LogP contribution >= 0.6 is 47.2 Å². The van der Waals surface area contributed by atoms with Crippen LogP contribution in [-0.4, -0.2) is 38.4 Å². The first kappa shape index (κ1) is 23.7. The van der Waals surface area contributed by atoms with Gasteiger partial charge in [0.05, 0.1) is 11.1 Å². The van der Waals surface area contributed by atoms with E-state index in [1.54, 1.807) is 13.1 Å². The number of aliphatic imine (C=N–C) groups is 1. The first-order valence-corrected chi connectivity index (χ1v) is 9.51. The quantitative estimate of drug-likeness (QED) is 0.318. The summed E-state index contributed by atoms with van der Waals surface area (Å²) in [6.07, 6.45) is 1.27. The Bertz CT molecular complexity index is 737. The van der Waals surface area contributed by atoms with E-state index >= 15 is 0 Å². The molecule has 0 aromatic heterocycles. The molecule has 1 saturated carbocycles. The zero-order valence-electron chi connectivity index (χ0n) is 15.8. The molecule has 3 unspecified atom stereocenters. The van der Waals surface area contributed by atoms with Crippen LogP contribution in [0.2, 0.25) is 10.0 Å². The summed E-state index contributed by atoms with van der Waals surface area (Å²) in [6.45, 7) is 2.30. The lowest BCUT2D eigenvalue weighted by atomic mass is 9.57. The third-order valence-electron chi connectivity index (χ3n) is 5.35. The average Bonchev–Trinajstić information content (AvgIpc) is 3.04. The number of nitrogens with zero attached hydrogens (tertiary/aromatic N) is 1. The summed E-state index contributed by atoms with van der Waals surface area (Å²) in [5.41, 5.74) is 0.410. The second-order valence-corrected chi connectivity index (χ2v) is 8.21. The van der Waals surface area contributed by atoms with Gasteiger partial charge < -0.3 is 20.1 Å². The lowest BCUT2D eigenvalue weighted by Gasteiger charge is -2.54. The van der Waals surface area contributed by atoms with E-state index < -0.39 is 6.61 Å². The van der Waals surface area contributed by atoms with Gasteiger partial charge in [0.1, 0.15) is 5.75 Å². The Hall–Kier alpha value is -0.580. The average molecular weight is 550 g/mol. The lowest BCUT2D eigenvalue weighted by molar-refractivity contribution is -0.106. The van der Waals surface area contributed by atoms with Gasteiger partial charge in [0.25, 0.3) is 0 Å². The van der Waals surface area contributed by atoms with E-state index in [4.69, 9.17) is 27.9 Å². The van der Waals surface area contributed by atoms with E-state index in [9.17, 15) is 8.78 Å². The molecule has 0 spiro atoms. The topological polar surface area (TPSA) is 54.9 Å². The molecule has 0 amide bonds. The molecule has 1 saturated heterocycles. The zero-order valence-corrected chi connectivity index (χ0v) is 19.6. The van der Waals surface area contributed by atoms with E-state index in [-0.39, 0.29) is 58.9 Å². The molecule has 2 fully saturated rings. The van der Waals surface area contributed by atoms with E-state index in [1.165, 1.54) is 6.07 Å². The molecule has 1 aromatic carbocycles. The molecule has 0 radical (unpaired) electrons. The lowest BCUT2D eigenvalue weighted by Crippen LogP contribution is -2.67. The molecule has 1 aromatic rings. The van der Waals surface area contributed by atoms with Gasteiger partial charge in [-0.15, -0.1) is 24.0 Å². The van der Waals surface area contributed by atoms with Gasteiger partial charge >= 0.3 is 6.61 Å². The van der Waals surface area contributed by atoms with Crippen molar-refractivity contribution in [3.63, 3.8) is 0 Å². The van der Waals surface area contributed by atoms with Gasteiger partial charge in [0, 0.05) is 48.2 Å². The van der Waals surface area contributed by atoms with Crippen molar-refractivity contribution in [1.29, 1.82) is 0 Å². The van der Waals surface area contributed by atoms with Crippen LogP contribution in [0.25, 0.3) is 0 Å². The van der Waals surface area contributed by atoms with E-state index in [0.717, 1.165) is 13.0 Å². The number of ether oxygens (including phenoxy) is 2. The minimum absolute atomic E-state index is 0. The highest BCUT2D eigenvalue weighted by atomic mass is 127. The van der Waals surface area contributed by atoms with Crippen molar-refractivity contribution in [2.45, 2.75) is 45.6 Å². The van der Waals surface area contributed by atoms with Crippen molar-refractivity contribution in [2.75, 3.05) is 13.7 Å². The normalized spacial score (nSPS) is 25.6.